The van der Waals surface area contributed by atoms with E-state index in [-0.39, 0.29) is 11.3 Å². The number of aliphatic carboxylic acids is 1. The molecule has 0 aliphatic carbocycles. The van der Waals surface area contributed by atoms with E-state index in [0.29, 0.717) is 0 Å². The van der Waals surface area contributed by atoms with Gasteiger partial charge in [0, 0.05) is 6.08 Å². The minimum atomic E-state index is -1.26. The molecule has 0 spiro atoms. The SMILES string of the molecule is NC(=O)/C=C(\C(=O)O)c1ccco1. The molecule has 3 N–H and O–H groups in total. The molecule has 0 fully saturated rings. The Morgan fingerprint density at radius 1 is 1.54 bits per heavy atom. The Morgan fingerprint density at radius 3 is 2.62 bits per heavy atom. The van der Waals surface area contributed by atoms with Crippen LogP contribution in [0.25, 0.3) is 5.57 Å². The first-order chi connectivity index (χ1) is 6.11. The summed E-state index contributed by atoms with van der Waals surface area (Å²) in [6, 6.07) is 2.95. The largest absolute Gasteiger partial charge is 0.478 e. The second-order valence-corrected chi connectivity index (χ2v) is 2.24. The number of primary amides is 1. The van der Waals surface area contributed by atoms with Crippen LogP contribution in [0, 0.1) is 0 Å². The Labute approximate surface area is 73.5 Å². The second kappa shape index (κ2) is 3.57. The summed E-state index contributed by atoms with van der Waals surface area (Å²) < 4.78 is 4.80. The van der Waals surface area contributed by atoms with E-state index in [4.69, 9.17) is 15.3 Å². The van der Waals surface area contributed by atoms with Gasteiger partial charge in [-0.1, -0.05) is 0 Å². The summed E-state index contributed by atoms with van der Waals surface area (Å²) in [5, 5.41) is 8.66. The van der Waals surface area contributed by atoms with E-state index < -0.39 is 11.9 Å². The van der Waals surface area contributed by atoms with Gasteiger partial charge in [-0.25, -0.2) is 4.79 Å². The lowest BCUT2D eigenvalue weighted by Crippen LogP contribution is -2.10. The molecule has 13 heavy (non-hydrogen) atoms. The van der Waals surface area contributed by atoms with Gasteiger partial charge in [-0.3, -0.25) is 4.79 Å². The van der Waals surface area contributed by atoms with Gasteiger partial charge < -0.3 is 15.3 Å². The van der Waals surface area contributed by atoms with Crippen molar-refractivity contribution in [2.24, 2.45) is 5.73 Å². The molecule has 0 saturated heterocycles. The lowest BCUT2D eigenvalue weighted by Gasteiger charge is -1.95. The van der Waals surface area contributed by atoms with Gasteiger partial charge in [-0.15, -0.1) is 0 Å². The molecule has 0 aliphatic heterocycles. The van der Waals surface area contributed by atoms with Crippen LogP contribution in [-0.2, 0) is 9.59 Å². The van der Waals surface area contributed by atoms with Crippen LogP contribution >= 0.6 is 0 Å². The topological polar surface area (TPSA) is 93.5 Å². The Balaban J connectivity index is 3.08. The first kappa shape index (κ1) is 9.05. The van der Waals surface area contributed by atoms with Crippen molar-refractivity contribution < 1.29 is 19.1 Å². The van der Waals surface area contributed by atoms with E-state index in [0.717, 1.165) is 6.08 Å². The Morgan fingerprint density at radius 2 is 2.23 bits per heavy atom. The van der Waals surface area contributed by atoms with Crippen molar-refractivity contribution >= 4 is 17.4 Å². The highest BCUT2D eigenvalue weighted by Crippen LogP contribution is 2.14. The van der Waals surface area contributed by atoms with E-state index in [9.17, 15) is 9.59 Å². The maximum atomic E-state index is 10.6. The zero-order valence-corrected chi connectivity index (χ0v) is 6.56. The van der Waals surface area contributed by atoms with Gasteiger partial charge in [0.1, 0.15) is 11.3 Å². The van der Waals surface area contributed by atoms with Crippen molar-refractivity contribution in [3.05, 3.63) is 30.2 Å². The Hall–Kier alpha value is -2.04. The predicted molar refractivity (Wildman–Crippen MR) is 43.5 cm³/mol. The maximum Gasteiger partial charge on any atom is 0.339 e. The molecule has 0 aromatic carbocycles. The van der Waals surface area contributed by atoms with Gasteiger partial charge in [0.05, 0.1) is 6.26 Å². The third kappa shape index (κ3) is 2.19. The van der Waals surface area contributed by atoms with Gasteiger partial charge in [-0.2, -0.15) is 0 Å². The molecule has 5 nitrogen and oxygen atoms in total. The Kier molecular flexibility index (Phi) is 2.49. The van der Waals surface area contributed by atoms with Gasteiger partial charge in [0.2, 0.25) is 5.91 Å². The van der Waals surface area contributed by atoms with E-state index in [2.05, 4.69) is 0 Å². The number of furan rings is 1. The molecule has 1 rings (SSSR count). The summed E-state index contributed by atoms with van der Waals surface area (Å²) in [5.41, 5.74) is 4.56. The fourth-order valence-electron chi connectivity index (χ4n) is 0.812. The standard InChI is InChI=1S/C8H7NO4/c9-7(10)4-5(8(11)12)6-2-1-3-13-6/h1-4H,(H2,9,10)(H,11,12)/b5-4-. The van der Waals surface area contributed by atoms with Crippen molar-refractivity contribution in [3.63, 3.8) is 0 Å². The first-order valence-corrected chi connectivity index (χ1v) is 3.39. The second-order valence-electron chi connectivity index (χ2n) is 2.24. The van der Waals surface area contributed by atoms with Crippen molar-refractivity contribution in [2.45, 2.75) is 0 Å². The zero-order chi connectivity index (χ0) is 9.84. The first-order valence-electron chi connectivity index (χ1n) is 3.39. The molecule has 0 unspecified atom stereocenters. The number of carboxylic acid groups (broad SMARTS) is 1. The summed E-state index contributed by atoms with van der Waals surface area (Å²) in [5.74, 6) is -1.98. The average molecular weight is 181 g/mol. The summed E-state index contributed by atoms with van der Waals surface area (Å²) in [4.78, 5) is 21.0. The number of hydrogen-bond acceptors (Lipinski definition) is 3. The highest BCUT2D eigenvalue weighted by molar-refractivity contribution is 6.19. The molecule has 1 heterocycles. The smallest absolute Gasteiger partial charge is 0.339 e. The number of nitrogens with two attached hydrogens (primary N) is 1. The third-order valence-electron chi connectivity index (χ3n) is 1.30. The fourth-order valence-corrected chi connectivity index (χ4v) is 0.812. The summed E-state index contributed by atoms with van der Waals surface area (Å²) in [6.07, 6.45) is 2.12. The molecule has 0 radical (unpaired) electrons. The number of carboxylic acids is 1. The molecule has 1 aromatic rings. The van der Waals surface area contributed by atoms with Gasteiger partial charge in [0.25, 0.3) is 0 Å². The van der Waals surface area contributed by atoms with E-state index in [1.807, 2.05) is 0 Å². The van der Waals surface area contributed by atoms with Crippen LogP contribution in [0.1, 0.15) is 5.76 Å². The molecule has 1 amide bonds. The summed E-state index contributed by atoms with van der Waals surface area (Å²) in [7, 11) is 0. The van der Waals surface area contributed by atoms with Gasteiger partial charge in [0.15, 0.2) is 0 Å². The van der Waals surface area contributed by atoms with Crippen LogP contribution in [-0.4, -0.2) is 17.0 Å². The lowest BCUT2D eigenvalue weighted by molar-refractivity contribution is -0.130. The monoisotopic (exact) mass is 181 g/mol. The Bertz CT molecular complexity index is 350. The highest BCUT2D eigenvalue weighted by Gasteiger charge is 2.13. The maximum absolute atomic E-state index is 10.6. The minimum absolute atomic E-state index is 0.103. The van der Waals surface area contributed by atoms with Crippen LogP contribution in [0.15, 0.2) is 28.9 Å². The molecule has 0 aliphatic rings. The molecule has 5 heteroatoms. The van der Waals surface area contributed by atoms with Crippen LogP contribution in [0.3, 0.4) is 0 Å². The lowest BCUT2D eigenvalue weighted by atomic mass is 10.2. The van der Waals surface area contributed by atoms with Gasteiger partial charge in [-0.05, 0) is 12.1 Å². The van der Waals surface area contributed by atoms with Crippen molar-refractivity contribution in [1.82, 2.24) is 0 Å². The quantitative estimate of drug-likeness (QED) is 0.653. The molecule has 0 atom stereocenters. The number of amides is 1. The van der Waals surface area contributed by atoms with Crippen molar-refractivity contribution in [3.8, 4) is 0 Å². The van der Waals surface area contributed by atoms with Crippen LogP contribution in [0.4, 0.5) is 0 Å². The predicted octanol–water partition coefficient (Wildman–Crippen LogP) is 0.233. The van der Waals surface area contributed by atoms with Crippen LogP contribution < -0.4 is 5.73 Å². The molecule has 0 saturated carbocycles. The fraction of sp³-hybridized carbons (Fsp3) is 0. The number of carbonyl (C=O) groups is 2. The van der Waals surface area contributed by atoms with Crippen molar-refractivity contribution in [2.75, 3.05) is 0 Å². The van der Waals surface area contributed by atoms with Crippen LogP contribution in [0.2, 0.25) is 0 Å². The molecular weight excluding hydrogens is 174 g/mol. The summed E-state index contributed by atoms with van der Waals surface area (Å²) in [6.45, 7) is 0. The minimum Gasteiger partial charge on any atom is -0.478 e. The third-order valence-corrected chi connectivity index (χ3v) is 1.30. The normalized spacial score (nSPS) is 11.2. The molecule has 68 valence electrons. The number of hydrogen-bond donors (Lipinski definition) is 2. The molecule has 1 aromatic heterocycles. The molecule has 0 bridgehead atoms. The molecular formula is C8H7NO4. The van der Waals surface area contributed by atoms with Crippen LogP contribution in [0.5, 0.6) is 0 Å². The summed E-state index contributed by atoms with van der Waals surface area (Å²) >= 11 is 0. The van der Waals surface area contributed by atoms with Crippen molar-refractivity contribution in [1.29, 1.82) is 0 Å². The van der Waals surface area contributed by atoms with E-state index >= 15 is 0 Å². The van der Waals surface area contributed by atoms with Gasteiger partial charge >= 0.3 is 5.97 Å². The van der Waals surface area contributed by atoms with E-state index in [1.165, 1.54) is 18.4 Å². The van der Waals surface area contributed by atoms with E-state index in [1.54, 1.807) is 0 Å². The number of rotatable bonds is 3. The highest BCUT2D eigenvalue weighted by atomic mass is 16.4. The average Bonchev–Trinajstić information content (AvgIpc) is 2.50. The number of carbonyl (C=O) groups excluding carboxylic acids is 1. The zero-order valence-electron chi connectivity index (χ0n) is 6.56.